The predicted octanol–water partition coefficient (Wildman–Crippen LogP) is 3.81. The van der Waals surface area contributed by atoms with Crippen molar-refractivity contribution in [3.05, 3.63) is 84.2 Å². The van der Waals surface area contributed by atoms with Gasteiger partial charge in [0, 0.05) is 37.9 Å². The largest absolute Gasteiger partial charge is 0.364 e. The molecule has 10 heteroatoms. The van der Waals surface area contributed by atoms with Crippen molar-refractivity contribution < 1.29 is 8.42 Å². The minimum Gasteiger partial charge on any atom is -0.364 e. The van der Waals surface area contributed by atoms with E-state index in [1.54, 1.807) is 10.6 Å². The van der Waals surface area contributed by atoms with Crippen molar-refractivity contribution in [2.45, 2.75) is 13.5 Å². The quantitative estimate of drug-likeness (QED) is 0.373. The molecular weight excluding hydrogens is 450 g/mol. The maximum atomic E-state index is 12.4. The Morgan fingerprint density at radius 3 is 2.50 bits per heavy atom. The van der Waals surface area contributed by atoms with Crippen molar-refractivity contribution in [1.82, 2.24) is 23.5 Å². The van der Waals surface area contributed by atoms with Crippen LogP contribution in [0.3, 0.4) is 0 Å². The van der Waals surface area contributed by atoms with Crippen molar-refractivity contribution in [3.63, 3.8) is 0 Å². The summed E-state index contributed by atoms with van der Waals surface area (Å²) in [6.07, 6.45) is 1.88. The molecule has 2 aromatic carbocycles. The Balaban J connectivity index is 1.60. The summed E-state index contributed by atoms with van der Waals surface area (Å²) >= 11 is 0. The van der Waals surface area contributed by atoms with E-state index in [0.717, 1.165) is 32.0 Å². The van der Waals surface area contributed by atoms with E-state index in [1.165, 1.54) is 14.1 Å². The van der Waals surface area contributed by atoms with Gasteiger partial charge in [0.2, 0.25) is 0 Å². The normalized spacial score (nSPS) is 12.0. The lowest BCUT2D eigenvalue weighted by atomic mass is 10.2. The fraction of sp³-hybridized carbons (Fsp3) is 0.167. The van der Waals surface area contributed by atoms with Gasteiger partial charge in [0.15, 0.2) is 5.82 Å². The van der Waals surface area contributed by atoms with Gasteiger partial charge in [-0.1, -0.05) is 36.4 Å². The Morgan fingerprint density at radius 2 is 1.74 bits per heavy atom. The van der Waals surface area contributed by atoms with E-state index in [0.29, 0.717) is 24.0 Å². The van der Waals surface area contributed by atoms with Gasteiger partial charge >= 0.3 is 10.2 Å². The fourth-order valence-electron chi connectivity index (χ4n) is 3.88. The first-order valence-electron chi connectivity index (χ1n) is 10.8. The Kier molecular flexibility index (Phi) is 5.46. The Morgan fingerprint density at radius 1 is 0.971 bits per heavy atom. The van der Waals surface area contributed by atoms with Crippen LogP contribution in [0.2, 0.25) is 0 Å². The SMILES string of the molecule is Cc1cc2c(NS(=O)(=O)N(C)C)cccc2n1-c1nc(NCc2ccccc2)c2cccn2n1. The third-order valence-corrected chi connectivity index (χ3v) is 7.07. The molecule has 9 nitrogen and oxygen atoms in total. The maximum absolute atomic E-state index is 12.4. The summed E-state index contributed by atoms with van der Waals surface area (Å²) in [5.74, 6) is 1.20. The summed E-state index contributed by atoms with van der Waals surface area (Å²) in [5.41, 5.74) is 4.20. The molecule has 0 bridgehead atoms. The molecule has 0 atom stereocenters. The minimum atomic E-state index is -3.64. The van der Waals surface area contributed by atoms with E-state index in [-0.39, 0.29) is 0 Å². The van der Waals surface area contributed by atoms with E-state index in [4.69, 9.17) is 10.1 Å². The van der Waals surface area contributed by atoms with Crippen LogP contribution in [0, 0.1) is 6.92 Å². The van der Waals surface area contributed by atoms with Crippen LogP contribution in [-0.4, -0.2) is 46.0 Å². The van der Waals surface area contributed by atoms with Crippen molar-refractivity contribution in [3.8, 4) is 5.95 Å². The molecule has 0 aliphatic carbocycles. The number of anilines is 2. The Hall–Kier alpha value is -3.89. The molecule has 3 heterocycles. The van der Waals surface area contributed by atoms with E-state index in [1.807, 2.05) is 66.2 Å². The molecule has 0 spiro atoms. The summed E-state index contributed by atoms with van der Waals surface area (Å²) < 4.78 is 32.4. The van der Waals surface area contributed by atoms with E-state index >= 15 is 0 Å². The molecular formula is C24H25N7O2S. The van der Waals surface area contributed by atoms with Crippen LogP contribution >= 0.6 is 0 Å². The molecule has 0 saturated carbocycles. The average Bonchev–Trinajstić information content (AvgIpc) is 3.42. The lowest BCUT2D eigenvalue weighted by Gasteiger charge is -2.14. The average molecular weight is 476 g/mol. The van der Waals surface area contributed by atoms with Crippen LogP contribution in [0.1, 0.15) is 11.3 Å². The highest BCUT2D eigenvalue weighted by molar-refractivity contribution is 7.90. The monoisotopic (exact) mass is 475 g/mol. The van der Waals surface area contributed by atoms with E-state index in [9.17, 15) is 8.42 Å². The molecule has 0 fully saturated rings. The number of hydrogen-bond acceptors (Lipinski definition) is 5. The van der Waals surface area contributed by atoms with Crippen LogP contribution in [0.25, 0.3) is 22.4 Å². The van der Waals surface area contributed by atoms with Crippen LogP contribution in [-0.2, 0) is 16.8 Å². The topological polar surface area (TPSA) is 96.6 Å². The number of fused-ring (bicyclic) bond motifs is 2. The second-order valence-electron chi connectivity index (χ2n) is 8.19. The summed E-state index contributed by atoms with van der Waals surface area (Å²) in [6.45, 7) is 2.57. The minimum absolute atomic E-state index is 0.486. The zero-order valence-corrected chi connectivity index (χ0v) is 19.9. The number of aryl methyl sites for hydroxylation is 1. The molecule has 5 rings (SSSR count). The second-order valence-corrected chi connectivity index (χ2v) is 10.1. The molecule has 0 radical (unpaired) electrons. The van der Waals surface area contributed by atoms with Gasteiger partial charge in [0.05, 0.1) is 11.2 Å². The number of nitrogens with zero attached hydrogens (tertiary/aromatic N) is 5. The van der Waals surface area contributed by atoms with Gasteiger partial charge in [-0.25, -0.2) is 4.52 Å². The number of rotatable bonds is 7. The van der Waals surface area contributed by atoms with Crippen LogP contribution in [0.15, 0.2) is 72.9 Å². The first-order chi connectivity index (χ1) is 16.3. The molecule has 0 aliphatic heterocycles. The molecule has 0 amide bonds. The summed E-state index contributed by atoms with van der Waals surface area (Å²) in [5, 5.41) is 8.92. The number of nitrogens with one attached hydrogen (secondary N) is 2. The standard InChI is InChI=1S/C24H25N7O2S/c1-17-15-19-20(28-34(32,33)29(2)3)11-7-12-21(19)31(17)24-26-23(22-13-8-14-30(22)27-24)25-16-18-9-5-4-6-10-18/h4-15,28H,16H2,1-3H3,(H,25,26,27). The third-order valence-electron chi connectivity index (χ3n) is 5.63. The molecule has 34 heavy (non-hydrogen) atoms. The molecule has 3 aromatic heterocycles. The highest BCUT2D eigenvalue weighted by atomic mass is 32.2. The van der Waals surface area contributed by atoms with E-state index < -0.39 is 10.2 Å². The van der Waals surface area contributed by atoms with Gasteiger partial charge in [-0.05, 0) is 42.8 Å². The van der Waals surface area contributed by atoms with Gasteiger partial charge in [-0.15, -0.1) is 5.10 Å². The van der Waals surface area contributed by atoms with Gasteiger partial charge in [0.1, 0.15) is 5.52 Å². The highest BCUT2D eigenvalue weighted by Gasteiger charge is 2.19. The third kappa shape index (κ3) is 3.97. The lowest BCUT2D eigenvalue weighted by Crippen LogP contribution is -2.28. The second kappa shape index (κ2) is 8.47. The first-order valence-corrected chi connectivity index (χ1v) is 12.2. The molecule has 2 N–H and O–H groups in total. The molecule has 174 valence electrons. The summed E-state index contributed by atoms with van der Waals surface area (Å²) in [6, 6.07) is 21.4. The maximum Gasteiger partial charge on any atom is 0.301 e. The number of benzene rings is 2. The van der Waals surface area contributed by atoms with Crippen molar-refractivity contribution in [2.75, 3.05) is 24.1 Å². The number of hydrogen-bond donors (Lipinski definition) is 2. The Labute approximate surface area is 197 Å². The van der Waals surface area contributed by atoms with Gasteiger partial charge in [0.25, 0.3) is 5.95 Å². The molecule has 0 aliphatic rings. The molecule has 0 saturated heterocycles. The lowest BCUT2D eigenvalue weighted by molar-refractivity contribution is 0.527. The van der Waals surface area contributed by atoms with Crippen molar-refractivity contribution in [1.29, 1.82) is 0 Å². The zero-order chi connectivity index (χ0) is 23.9. The van der Waals surface area contributed by atoms with Crippen LogP contribution in [0.4, 0.5) is 11.5 Å². The van der Waals surface area contributed by atoms with Crippen molar-refractivity contribution >= 4 is 38.1 Å². The molecule has 5 aromatic rings. The van der Waals surface area contributed by atoms with Gasteiger partial charge in [-0.2, -0.15) is 17.7 Å². The Bertz CT molecular complexity index is 1590. The predicted molar refractivity (Wildman–Crippen MR) is 135 cm³/mol. The van der Waals surface area contributed by atoms with Gasteiger partial charge in [-0.3, -0.25) is 9.29 Å². The number of aromatic nitrogens is 4. The van der Waals surface area contributed by atoms with Gasteiger partial charge < -0.3 is 5.32 Å². The first kappa shape index (κ1) is 21.9. The van der Waals surface area contributed by atoms with Crippen molar-refractivity contribution in [2.24, 2.45) is 0 Å². The van der Waals surface area contributed by atoms with Crippen LogP contribution in [0.5, 0.6) is 0 Å². The fourth-order valence-corrected chi connectivity index (χ4v) is 4.52. The van der Waals surface area contributed by atoms with E-state index in [2.05, 4.69) is 22.2 Å². The highest BCUT2D eigenvalue weighted by Crippen LogP contribution is 2.30. The molecule has 0 unspecified atom stereocenters. The van der Waals surface area contributed by atoms with Crippen LogP contribution < -0.4 is 10.0 Å². The summed E-state index contributed by atoms with van der Waals surface area (Å²) in [4.78, 5) is 4.85. The zero-order valence-electron chi connectivity index (χ0n) is 19.1. The summed E-state index contributed by atoms with van der Waals surface area (Å²) in [7, 11) is -0.666. The smallest absolute Gasteiger partial charge is 0.301 e.